The molecule has 0 aliphatic rings. The Balaban J connectivity index is 2.09. The van der Waals surface area contributed by atoms with Crippen molar-refractivity contribution in [2.75, 3.05) is 20.0 Å². The Kier molecular flexibility index (Phi) is 10.3. The van der Waals surface area contributed by atoms with Crippen molar-refractivity contribution in [3.05, 3.63) is 78.4 Å². The fraction of sp³-hybridized carbons (Fsp3) is 0.379. The quantitative estimate of drug-likeness (QED) is 0.198. The summed E-state index contributed by atoms with van der Waals surface area (Å²) >= 11 is 0. The zero-order chi connectivity index (χ0) is 26.0. The number of benzene rings is 3. The van der Waals surface area contributed by atoms with Gasteiger partial charge in [0.15, 0.2) is 0 Å². The summed E-state index contributed by atoms with van der Waals surface area (Å²) in [5.74, 6) is 1.38. The van der Waals surface area contributed by atoms with Crippen LogP contribution in [0.1, 0.15) is 51.0 Å². The van der Waals surface area contributed by atoms with Gasteiger partial charge in [-0.1, -0.05) is 56.7 Å². The molecule has 0 aliphatic carbocycles. The van der Waals surface area contributed by atoms with Crippen LogP contribution in [0.4, 0.5) is 0 Å². The lowest BCUT2D eigenvalue weighted by molar-refractivity contribution is 0.414. The van der Waals surface area contributed by atoms with Gasteiger partial charge in [0.25, 0.3) is 10.1 Å². The van der Waals surface area contributed by atoms with Gasteiger partial charge in [-0.3, -0.25) is 0 Å². The van der Waals surface area contributed by atoms with E-state index in [1.165, 1.54) is 6.42 Å². The highest BCUT2D eigenvalue weighted by Gasteiger charge is 2.37. The van der Waals surface area contributed by atoms with E-state index in [0.29, 0.717) is 17.9 Å². The second-order valence-electron chi connectivity index (χ2n) is 8.82. The minimum absolute atomic E-state index is 0.00789. The van der Waals surface area contributed by atoms with Crippen LogP contribution in [0, 0.1) is 6.92 Å². The molecule has 36 heavy (non-hydrogen) atoms. The summed E-state index contributed by atoms with van der Waals surface area (Å²) < 4.78 is 44.1. The van der Waals surface area contributed by atoms with E-state index in [1.54, 1.807) is 14.2 Å². The first-order valence-electron chi connectivity index (χ1n) is 12.5. The number of hydrogen-bond donors (Lipinski definition) is 0. The Morgan fingerprint density at radius 1 is 0.611 bits per heavy atom. The summed E-state index contributed by atoms with van der Waals surface area (Å²) in [5, 5.41) is 0. The monoisotopic (exact) mass is 530 g/mol. The maximum atomic E-state index is 13.5. The van der Waals surface area contributed by atoms with Crippen molar-refractivity contribution in [3.63, 3.8) is 0 Å². The number of unbranched alkanes of at least 4 members (excludes halogenated alkanes) is 5. The first-order chi connectivity index (χ1) is 17.3. The fourth-order valence-corrected chi connectivity index (χ4v) is 9.43. The summed E-state index contributed by atoms with van der Waals surface area (Å²) in [4.78, 5) is 2.38. The first-order valence-corrected chi connectivity index (χ1v) is 15.6. The second-order valence-corrected chi connectivity index (χ2v) is 13.4. The second kappa shape index (κ2) is 13.2. The third kappa shape index (κ3) is 7.05. The fourth-order valence-electron chi connectivity index (χ4n) is 4.04. The highest BCUT2D eigenvalue weighted by Crippen LogP contribution is 2.70. The number of rotatable bonds is 14. The van der Waals surface area contributed by atoms with E-state index in [4.69, 9.17) is 13.1 Å². The first kappa shape index (κ1) is 28.1. The highest BCUT2D eigenvalue weighted by molar-refractivity contribution is 8.33. The lowest BCUT2D eigenvalue weighted by atomic mass is 10.1. The maximum Gasteiger partial charge on any atom is 0.277 e. The molecular formula is C29H38O5S2. The normalized spacial score (nSPS) is 12.3. The van der Waals surface area contributed by atoms with Crippen molar-refractivity contribution in [2.24, 2.45) is 0 Å². The van der Waals surface area contributed by atoms with Gasteiger partial charge in [0.1, 0.15) is 11.5 Å². The van der Waals surface area contributed by atoms with Crippen LogP contribution >= 0.6 is 10.3 Å². The van der Waals surface area contributed by atoms with Crippen LogP contribution < -0.4 is 9.47 Å². The zero-order valence-corrected chi connectivity index (χ0v) is 23.4. The smallest absolute Gasteiger partial charge is 0.277 e. The van der Waals surface area contributed by atoms with E-state index in [2.05, 4.69) is 6.92 Å². The molecule has 7 heteroatoms. The molecule has 3 aromatic carbocycles. The van der Waals surface area contributed by atoms with E-state index in [-0.39, 0.29) is 5.75 Å². The lowest BCUT2D eigenvalue weighted by Gasteiger charge is -2.39. The average molecular weight is 531 g/mol. The third-order valence-electron chi connectivity index (χ3n) is 6.09. The number of hydrogen-bond acceptors (Lipinski definition) is 5. The topological polar surface area (TPSA) is 61.8 Å². The van der Waals surface area contributed by atoms with Crippen LogP contribution in [-0.4, -0.2) is 28.4 Å². The molecule has 0 aliphatic heterocycles. The maximum absolute atomic E-state index is 13.5. The van der Waals surface area contributed by atoms with Gasteiger partial charge >= 0.3 is 0 Å². The van der Waals surface area contributed by atoms with Crippen LogP contribution in [0.2, 0.25) is 0 Å². The average Bonchev–Trinajstić information content (AvgIpc) is 2.90. The van der Waals surface area contributed by atoms with Gasteiger partial charge in [-0.05, 0) is 84.3 Å². The predicted molar refractivity (Wildman–Crippen MR) is 148 cm³/mol. The molecular weight excluding hydrogens is 492 g/mol. The molecule has 0 spiro atoms. The molecule has 0 aromatic heterocycles. The highest BCUT2D eigenvalue weighted by atomic mass is 32.3. The van der Waals surface area contributed by atoms with Gasteiger partial charge in [-0.15, -0.1) is 0 Å². The molecule has 0 atom stereocenters. The van der Waals surface area contributed by atoms with Gasteiger partial charge in [0.05, 0.1) is 20.0 Å². The largest absolute Gasteiger partial charge is 0.497 e. The Morgan fingerprint density at radius 2 is 1.03 bits per heavy atom. The van der Waals surface area contributed by atoms with Crippen LogP contribution in [0.3, 0.4) is 0 Å². The molecule has 0 amide bonds. The zero-order valence-electron chi connectivity index (χ0n) is 21.7. The van der Waals surface area contributed by atoms with Crippen molar-refractivity contribution < 1.29 is 21.5 Å². The summed E-state index contributed by atoms with van der Waals surface area (Å²) in [6, 6.07) is 22.9. The minimum Gasteiger partial charge on any atom is -0.497 e. The number of aryl methyl sites for hydroxylation is 1. The van der Waals surface area contributed by atoms with Gasteiger partial charge in [-0.25, -0.2) is 3.63 Å². The Morgan fingerprint density at radius 3 is 1.47 bits per heavy atom. The molecule has 0 saturated carbocycles. The molecule has 0 saturated heterocycles. The van der Waals surface area contributed by atoms with E-state index >= 15 is 0 Å². The van der Waals surface area contributed by atoms with E-state index in [1.807, 2.05) is 79.7 Å². The van der Waals surface area contributed by atoms with Crippen molar-refractivity contribution in [1.29, 1.82) is 0 Å². The molecule has 0 unspecified atom stereocenters. The van der Waals surface area contributed by atoms with E-state index in [9.17, 15) is 8.42 Å². The predicted octanol–water partition coefficient (Wildman–Crippen LogP) is 7.92. The minimum atomic E-state index is -3.84. The van der Waals surface area contributed by atoms with Gasteiger partial charge in [-0.2, -0.15) is 8.42 Å². The Hall–Kier alpha value is -2.48. The van der Waals surface area contributed by atoms with Crippen molar-refractivity contribution in [2.45, 2.75) is 67.1 Å². The molecule has 0 bridgehead atoms. The molecule has 0 fully saturated rings. The van der Waals surface area contributed by atoms with E-state index < -0.39 is 20.4 Å². The van der Waals surface area contributed by atoms with Gasteiger partial charge in [0.2, 0.25) is 0 Å². The van der Waals surface area contributed by atoms with Gasteiger partial charge < -0.3 is 9.47 Å². The molecule has 3 rings (SSSR count). The third-order valence-corrected chi connectivity index (χ3v) is 11.3. The molecule has 0 heterocycles. The lowest BCUT2D eigenvalue weighted by Crippen LogP contribution is -2.17. The van der Waals surface area contributed by atoms with Crippen LogP contribution in [-0.2, 0) is 13.7 Å². The molecule has 5 nitrogen and oxygen atoms in total. The Bertz CT molecular complexity index is 1120. The van der Waals surface area contributed by atoms with Crippen LogP contribution in [0.15, 0.2) is 87.5 Å². The summed E-state index contributed by atoms with van der Waals surface area (Å²) in [5.41, 5.74) is 1.09. The Labute approximate surface area is 218 Å². The SMILES string of the molecule is CCCCCCCCS(=O)(=O)OS(c1ccc(C)cc1)(c1ccc(OC)cc1)c1ccc(OC)cc1. The summed E-state index contributed by atoms with van der Waals surface area (Å²) in [7, 11) is -3.23. The molecule has 0 N–H and O–H groups in total. The standard InChI is InChI=1S/C29H38O5S2/c1-5-6-7-8-9-10-23-35(30,31)34-36(27-17-11-24(2)12-18-27,28-19-13-25(32-3)14-20-28)29-21-15-26(33-4)16-22-29/h11-22H,5-10,23H2,1-4H3. The summed E-state index contributed by atoms with van der Waals surface area (Å²) in [6.45, 7) is 4.18. The number of ether oxygens (including phenoxy) is 2. The number of methoxy groups -OCH3 is 2. The molecule has 3 aromatic rings. The van der Waals surface area contributed by atoms with Crippen molar-refractivity contribution >= 4 is 20.4 Å². The van der Waals surface area contributed by atoms with Crippen LogP contribution in [0.25, 0.3) is 0 Å². The van der Waals surface area contributed by atoms with Gasteiger partial charge in [0, 0.05) is 14.7 Å². The van der Waals surface area contributed by atoms with Crippen molar-refractivity contribution in [3.8, 4) is 11.5 Å². The summed E-state index contributed by atoms with van der Waals surface area (Å²) in [6.07, 6.45) is 5.97. The molecule has 196 valence electrons. The van der Waals surface area contributed by atoms with E-state index in [0.717, 1.165) is 45.9 Å². The van der Waals surface area contributed by atoms with Crippen LogP contribution in [0.5, 0.6) is 11.5 Å². The van der Waals surface area contributed by atoms with Crippen molar-refractivity contribution in [1.82, 2.24) is 0 Å². The molecule has 0 radical (unpaired) electrons.